The molecule has 2 rings (SSSR count). The third kappa shape index (κ3) is 21.1. The third-order valence-electron chi connectivity index (χ3n) is 6.48. The van der Waals surface area contributed by atoms with E-state index in [9.17, 15) is 18.0 Å². The number of hydrogen-bond donors (Lipinski definition) is 1. The lowest BCUT2D eigenvalue weighted by Gasteiger charge is -2.13. The van der Waals surface area contributed by atoms with Crippen LogP contribution in [0.25, 0.3) is 0 Å². The van der Waals surface area contributed by atoms with Gasteiger partial charge in [0, 0.05) is 12.3 Å². The van der Waals surface area contributed by atoms with E-state index in [0.717, 1.165) is 25.2 Å². The molecule has 0 aliphatic rings. The van der Waals surface area contributed by atoms with Gasteiger partial charge in [-0.2, -0.15) is 13.2 Å². The van der Waals surface area contributed by atoms with Crippen LogP contribution in [-0.4, -0.2) is 110 Å². The number of unbranched alkanes of at least 4 members (excludes halogenated alkanes) is 3. The number of nitrogens with one attached hydrogen (secondary N) is 1. The average Bonchev–Trinajstić information content (AvgIpc) is 3.08. The molecule has 0 spiro atoms. The van der Waals surface area contributed by atoms with E-state index in [4.69, 9.17) is 37.9 Å². The Morgan fingerprint density at radius 1 is 0.583 bits per heavy atom. The number of para-hydroxylation sites is 1. The van der Waals surface area contributed by atoms with Gasteiger partial charge in [-0.25, -0.2) is 4.79 Å². The first kappa shape index (κ1) is 42.1. The van der Waals surface area contributed by atoms with E-state index < -0.39 is 17.7 Å². The molecule has 0 unspecified atom stereocenters. The average molecular weight is 800 g/mol. The lowest BCUT2D eigenvalue weighted by molar-refractivity contribution is -0.137. The molecule has 0 aliphatic heterocycles. The highest BCUT2D eigenvalue weighted by Crippen LogP contribution is 2.32. The quantitative estimate of drug-likeness (QED) is 0.0397. The van der Waals surface area contributed by atoms with Crippen LogP contribution in [-0.2, 0) is 44.1 Å². The number of anilines is 2. The maximum absolute atomic E-state index is 13.0. The van der Waals surface area contributed by atoms with Gasteiger partial charge in [-0.3, -0.25) is 0 Å². The number of alkyl halides is 4. The summed E-state index contributed by atoms with van der Waals surface area (Å²) in [6, 6.07) is 11.2. The molecule has 48 heavy (non-hydrogen) atoms. The van der Waals surface area contributed by atoms with Gasteiger partial charge in [-0.15, -0.1) is 0 Å². The molecule has 0 saturated heterocycles. The third-order valence-corrected chi connectivity index (χ3v) is 7.24. The molecule has 0 heterocycles. The molecule has 10 nitrogen and oxygen atoms in total. The molecule has 0 saturated carbocycles. The van der Waals surface area contributed by atoms with E-state index in [1.54, 1.807) is 18.2 Å². The van der Waals surface area contributed by atoms with Crippen molar-refractivity contribution < 1.29 is 55.9 Å². The molecule has 0 aliphatic carbocycles. The van der Waals surface area contributed by atoms with Crippen molar-refractivity contribution in [2.24, 2.45) is 0 Å². The fourth-order valence-corrected chi connectivity index (χ4v) is 4.58. The monoisotopic (exact) mass is 799 g/mol. The maximum atomic E-state index is 13.0. The Kier molecular flexibility index (Phi) is 24.3. The van der Waals surface area contributed by atoms with Crippen molar-refractivity contribution in [3.05, 3.63) is 59.7 Å². The fraction of sp³-hybridized carbons (Fsp3) is 0.618. The number of hydrogen-bond acceptors (Lipinski definition) is 10. The van der Waals surface area contributed by atoms with Crippen molar-refractivity contribution in [2.45, 2.75) is 31.9 Å². The highest BCUT2D eigenvalue weighted by Gasteiger charge is 2.30. The molecule has 14 heteroatoms. The van der Waals surface area contributed by atoms with Gasteiger partial charge in [0.2, 0.25) is 0 Å². The second kappa shape index (κ2) is 27.7. The maximum Gasteiger partial charge on any atom is 0.416 e. The minimum absolute atomic E-state index is 0.00723. The molecule has 2 aromatic carbocycles. The Morgan fingerprint density at radius 2 is 1.06 bits per heavy atom. The molecular formula is C34H49F3INO9. The second-order valence-electron chi connectivity index (χ2n) is 10.3. The Morgan fingerprint density at radius 3 is 1.58 bits per heavy atom. The molecule has 0 aromatic heterocycles. The number of esters is 1. The molecule has 0 fully saturated rings. The molecular weight excluding hydrogens is 750 g/mol. The predicted octanol–water partition coefficient (Wildman–Crippen LogP) is 6.72. The Bertz CT molecular complexity index is 1100. The number of halogens is 4. The number of benzene rings is 2. The molecule has 272 valence electrons. The summed E-state index contributed by atoms with van der Waals surface area (Å²) in [4.78, 5) is 12.6. The van der Waals surface area contributed by atoms with E-state index in [2.05, 4.69) is 27.9 Å². The van der Waals surface area contributed by atoms with Crippen LogP contribution in [0.4, 0.5) is 24.5 Å². The zero-order valence-electron chi connectivity index (χ0n) is 27.4. The zero-order valence-corrected chi connectivity index (χ0v) is 29.6. The molecule has 0 bridgehead atoms. The first-order chi connectivity index (χ1) is 23.4. The van der Waals surface area contributed by atoms with Crippen LogP contribution in [0, 0.1) is 0 Å². The second-order valence-corrected chi connectivity index (χ2v) is 11.4. The standard InChI is InChI=1S/C34H49F3INO9/c35-34(36,37)29-8-7-9-30(28-29)39-32-11-4-3-10-31(32)33(40)48-27-26-47-25-24-46-23-22-45-21-20-44-19-18-43-17-16-42-15-14-41-13-6-2-1-5-12-38/h3-4,7-11,28,39H,1-2,5-6,12-27H2. The Hall–Kier alpha value is -2.05. The van der Waals surface area contributed by atoms with Gasteiger partial charge in [0.05, 0.1) is 103 Å². The van der Waals surface area contributed by atoms with E-state index in [1.807, 2.05) is 0 Å². The van der Waals surface area contributed by atoms with Crippen molar-refractivity contribution in [1.29, 1.82) is 0 Å². The summed E-state index contributed by atoms with van der Waals surface area (Å²) in [7, 11) is 0. The number of rotatable bonds is 30. The molecule has 0 amide bonds. The van der Waals surface area contributed by atoms with Crippen molar-refractivity contribution in [3.8, 4) is 0 Å². The summed E-state index contributed by atoms with van der Waals surface area (Å²) in [5.74, 6) is -0.622. The zero-order chi connectivity index (χ0) is 34.5. The smallest absolute Gasteiger partial charge is 0.416 e. The highest BCUT2D eigenvalue weighted by molar-refractivity contribution is 14.1. The van der Waals surface area contributed by atoms with Gasteiger partial charge in [-0.1, -0.05) is 53.6 Å². The van der Waals surface area contributed by atoms with Crippen LogP contribution in [0.1, 0.15) is 41.6 Å². The van der Waals surface area contributed by atoms with Gasteiger partial charge in [-0.05, 0) is 47.6 Å². The first-order valence-corrected chi connectivity index (χ1v) is 17.7. The van der Waals surface area contributed by atoms with Gasteiger partial charge in [0.1, 0.15) is 6.61 Å². The predicted molar refractivity (Wildman–Crippen MR) is 185 cm³/mol. The van der Waals surface area contributed by atoms with Crippen LogP contribution in [0.5, 0.6) is 0 Å². The summed E-state index contributed by atoms with van der Waals surface area (Å²) in [5.41, 5.74) is -0.0682. The number of ether oxygens (including phenoxy) is 8. The van der Waals surface area contributed by atoms with Gasteiger partial charge < -0.3 is 43.2 Å². The first-order valence-electron chi connectivity index (χ1n) is 16.2. The number of carbonyl (C=O) groups excluding carboxylic acids is 1. The van der Waals surface area contributed by atoms with Crippen LogP contribution >= 0.6 is 22.6 Å². The number of carbonyl (C=O) groups is 1. The summed E-state index contributed by atoms with van der Waals surface area (Å²) in [5, 5.41) is 2.86. The van der Waals surface area contributed by atoms with Crippen molar-refractivity contribution in [3.63, 3.8) is 0 Å². The normalized spacial score (nSPS) is 11.6. The molecule has 0 atom stereocenters. The minimum atomic E-state index is -4.47. The van der Waals surface area contributed by atoms with E-state index in [-0.39, 0.29) is 24.5 Å². The molecule has 2 aromatic rings. The molecule has 0 radical (unpaired) electrons. The van der Waals surface area contributed by atoms with Crippen LogP contribution in [0.2, 0.25) is 0 Å². The van der Waals surface area contributed by atoms with Crippen LogP contribution in [0.15, 0.2) is 48.5 Å². The molecule has 1 N–H and O–H groups in total. The lowest BCUT2D eigenvalue weighted by Crippen LogP contribution is -2.15. The summed E-state index contributed by atoms with van der Waals surface area (Å²) >= 11 is 2.41. The summed E-state index contributed by atoms with van der Waals surface area (Å²) < 4.78 is 83.9. The van der Waals surface area contributed by atoms with E-state index in [0.29, 0.717) is 85.0 Å². The van der Waals surface area contributed by atoms with Crippen LogP contribution < -0.4 is 5.32 Å². The van der Waals surface area contributed by atoms with Crippen molar-refractivity contribution in [1.82, 2.24) is 0 Å². The van der Waals surface area contributed by atoms with Gasteiger partial charge in [0.25, 0.3) is 0 Å². The minimum Gasteiger partial charge on any atom is -0.460 e. The fourth-order valence-electron chi connectivity index (χ4n) is 4.04. The van der Waals surface area contributed by atoms with Crippen molar-refractivity contribution >= 4 is 39.9 Å². The SMILES string of the molecule is O=C(OCCOCCOCCOCCOCCOCCOCCOCCCCCCI)c1ccccc1Nc1cccc(C(F)(F)F)c1. The lowest BCUT2D eigenvalue weighted by atomic mass is 10.1. The van der Waals surface area contributed by atoms with E-state index in [1.165, 1.54) is 41.9 Å². The summed E-state index contributed by atoms with van der Waals surface area (Å²) in [6.45, 7) is 6.59. The van der Waals surface area contributed by atoms with Crippen LogP contribution in [0.3, 0.4) is 0 Å². The largest absolute Gasteiger partial charge is 0.460 e. The van der Waals surface area contributed by atoms with Gasteiger partial charge in [0.15, 0.2) is 0 Å². The van der Waals surface area contributed by atoms with E-state index >= 15 is 0 Å². The highest BCUT2D eigenvalue weighted by atomic mass is 127. The summed E-state index contributed by atoms with van der Waals surface area (Å²) in [6.07, 6.45) is 0.425. The Labute approximate surface area is 295 Å². The van der Waals surface area contributed by atoms with Gasteiger partial charge >= 0.3 is 12.1 Å². The topological polar surface area (TPSA) is 103 Å². The van der Waals surface area contributed by atoms with Crippen molar-refractivity contribution in [2.75, 3.05) is 109 Å². The Balaban J connectivity index is 1.35.